The van der Waals surface area contributed by atoms with Gasteiger partial charge in [-0.1, -0.05) is 0 Å². The molecule has 0 aromatic carbocycles. The predicted octanol–water partition coefficient (Wildman–Crippen LogP) is 1.13. The van der Waals surface area contributed by atoms with E-state index in [1.54, 1.807) is 21.6 Å². The van der Waals surface area contributed by atoms with Crippen LogP contribution in [0.15, 0.2) is 36.9 Å². The molecule has 5 nitrogen and oxygen atoms in total. The molecule has 5 heteroatoms. The molecule has 0 aliphatic carbocycles. The Balaban J connectivity index is 2.18. The molecule has 3 aromatic rings. The fraction of sp³-hybridized carbons (Fsp3) is 0.100. The van der Waals surface area contributed by atoms with E-state index >= 15 is 0 Å². The Morgan fingerprint density at radius 1 is 1.20 bits per heavy atom. The van der Waals surface area contributed by atoms with Crippen molar-refractivity contribution >= 4 is 5.65 Å². The fourth-order valence-corrected chi connectivity index (χ4v) is 1.53. The van der Waals surface area contributed by atoms with Gasteiger partial charge < -0.3 is 0 Å². The summed E-state index contributed by atoms with van der Waals surface area (Å²) in [5.74, 6) is 0. The molecule has 74 valence electrons. The van der Waals surface area contributed by atoms with Crippen LogP contribution in [0, 0.1) is 0 Å². The molecular weight excluding hydrogens is 190 g/mol. The van der Waals surface area contributed by atoms with Crippen molar-refractivity contribution in [1.82, 2.24) is 24.4 Å². The molecule has 15 heavy (non-hydrogen) atoms. The van der Waals surface area contributed by atoms with Crippen LogP contribution < -0.4 is 0 Å². The maximum Gasteiger partial charge on any atom is 0.155 e. The van der Waals surface area contributed by atoms with Gasteiger partial charge in [0.05, 0.1) is 18.1 Å². The Morgan fingerprint density at radius 3 is 2.93 bits per heavy atom. The Kier molecular flexibility index (Phi) is 1.58. The first-order valence-corrected chi connectivity index (χ1v) is 4.62. The van der Waals surface area contributed by atoms with Crippen molar-refractivity contribution in [3.8, 4) is 11.3 Å². The number of aromatic nitrogens is 5. The van der Waals surface area contributed by atoms with Gasteiger partial charge >= 0.3 is 0 Å². The van der Waals surface area contributed by atoms with E-state index in [-0.39, 0.29) is 0 Å². The van der Waals surface area contributed by atoms with E-state index < -0.39 is 0 Å². The zero-order valence-electron chi connectivity index (χ0n) is 8.20. The highest BCUT2D eigenvalue weighted by Crippen LogP contribution is 2.15. The number of hydrogen-bond acceptors (Lipinski definition) is 3. The molecule has 0 spiro atoms. The molecule has 3 rings (SSSR count). The van der Waals surface area contributed by atoms with Crippen molar-refractivity contribution in [1.29, 1.82) is 0 Å². The summed E-state index contributed by atoms with van der Waals surface area (Å²) in [7, 11) is 1.89. The van der Waals surface area contributed by atoms with Crippen LogP contribution in [-0.2, 0) is 7.05 Å². The maximum absolute atomic E-state index is 4.47. The average molecular weight is 199 g/mol. The van der Waals surface area contributed by atoms with Crippen molar-refractivity contribution < 1.29 is 0 Å². The van der Waals surface area contributed by atoms with E-state index in [2.05, 4.69) is 15.2 Å². The second-order valence-corrected chi connectivity index (χ2v) is 3.35. The van der Waals surface area contributed by atoms with E-state index in [0.717, 1.165) is 16.9 Å². The number of rotatable bonds is 1. The molecule has 3 heterocycles. The quantitative estimate of drug-likeness (QED) is 0.590. The third-order valence-electron chi connectivity index (χ3n) is 2.26. The Labute approximate surface area is 86.0 Å². The minimum Gasteiger partial charge on any atom is -0.275 e. The van der Waals surface area contributed by atoms with Gasteiger partial charge in [0.1, 0.15) is 0 Å². The Morgan fingerprint density at radius 2 is 2.13 bits per heavy atom. The van der Waals surface area contributed by atoms with Gasteiger partial charge in [-0.25, -0.2) is 9.50 Å². The van der Waals surface area contributed by atoms with E-state index in [1.807, 2.05) is 31.6 Å². The molecule has 0 saturated heterocycles. The minimum absolute atomic E-state index is 0.844. The molecule has 0 fully saturated rings. The predicted molar refractivity (Wildman–Crippen MR) is 55.2 cm³/mol. The van der Waals surface area contributed by atoms with Crippen molar-refractivity contribution in [3.63, 3.8) is 0 Å². The smallest absolute Gasteiger partial charge is 0.155 e. The van der Waals surface area contributed by atoms with Crippen LogP contribution in [0.25, 0.3) is 16.9 Å². The first-order chi connectivity index (χ1) is 7.33. The second kappa shape index (κ2) is 2.91. The third-order valence-corrected chi connectivity index (χ3v) is 2.26. The van der Waals surface area contributed by atoms with Crippen LogP contribution in [-0.4, -0.2) is 24.4 Å². The van der Waals surface area contributed by atoms with Crippen molar-refractivity contribution in [3.05, 3.63) is 36.9 Å². The van der Waals surface area contributed by atoms with Crippen LogP contribution in [0.1, 0.15) is 0 Å². The summed E-state index contributed by atoms with van der Waals surface area (Å²) in [6.45, 7) is 0. The van der Waals surface area contributed by atoms with E-state index in [0.29, 0.717) is 0 Å². The highest BCUT2D eigenvalue weighted by atomic mass is 15.2. The molecule has 0 radical (unpaired) electrons. The summed E-state index contributed by atoms with van der Waals surface area (Å²) in [6, 6.07) is 3.80. The lowest BCUT2D eigenvalue weighted by atomic mass is 10.2. The molecule has 0 N–H and O–H groups in total. The third kappa shape index (κ3) is 1.28. The van der Waals surface area contributed by atoms with Crippen molar-refractivity contribution in [2.75, 3.05) is 0 Å². The van der Waals surface area contributed by atoms with Gasteiger partial charge in [0.2, 0.25) is 0 Å². The lowest BCUT2D eigenvalue weighted by Gasteiger charge is -1.96. The highest BCUT2D eigenvalue weighted by Gasteiger charge is 2.03. The lowest BCUT2D eigenvalue weighted by molar-refractivity contribution is 0.768. The maximum atomic E-state index is 4.47. The summed E-state index contributed by atoms with van der Waals surface area (Å²) in [4.78, 5) is 4.47. The SMILES string of the molecule is Cn1cc(-c2ccn3nccc3n2)cn1. The minimum atomic E-state index is 0.844. The summed E-state index contributed by atoms with van der Waals surface area (Å²) >= 11 is 0. The molecule has 0 amide bonds. The topological polar surface area (TPSA) is 48.0 Å². The van der Waals surface area contributed by atoms with Gasteiger partial charge in [-0.05, 0) is 6.07 Å². The lowest BCUT2D eigenvalue weighted by Crippen LogP contribution is -1.90. The summed E-state index contributed by atoms with van der Waals surface area (Å²) < 4.78 is 3.50. The number of nitrogens with zero attached hydrogens (tertiary/aromatic N) is 5. The normalized spacial score (nSPS) is 11.0. The van der Waals surface area contributed by atoms with Crippen LogP contribution in [0.4, 0.5) is 0 Å². The van der Waals surface area contributed by atoms with Crippen LogP contribution in [0.5, 0.6) is 0 Å². The van der Waals surface area contributed by atoms with E-state index in [1.165, 1.54) is 0 Å². The van der Waals surface area contributed by atoms with Gasteiger partial charge in [-0.3, -0.25) is 4.68 Å². The standard InChI is InChI=1S/C10H9N5/c1-14-7-8(6-12-14)9-3-5-15-10(13-9)2-4-11-15/h2-7H,1H3. The summed E-state index contributed by atoms with van der Waals surface area (Å²) in [5, 5.41) is 8.21. The van der Waals surface area contributed by atoms with Gasteiger partial charge in [0.25, 0.3) is 0 Å². The average Bonchev–Trinajstić information content (AvgIpc) is 2.84. The van der Waals surface area contributed by atoms with Gasteiger partial charge in [-0.15, -0.1) is 0 Å². The molecule has 0 aliphatic heterocycles. The summed E-state index contributed by atoms with van der Waals surface area (Å²) in [5.41, 5.74) is 2.77. The Bertz CT molecular complexity index is 607. The van der Waals surface area contributed by atoms with Crippen LogP contribution >= 0.6 is 0 Å². The summed E-state index contributed by atoms with van der Waals surface area (Å²) in [6.07, 6.45) is 7.37. The van der Waals surface area contributed by atoms with Gasteiger partial charge in [-0.2, -0.15) is 10.2 Å². The molecule has 0 atom stereocenters. The largest absolute Gasteiger partial charge is 0.275 e. The molecule has 0 unspecified atom stereocenters. The zero-order chi connectivity index (χ0) is 10.3. The second-order valence-electron chi connectivity index (χ2n) is 3.35. The van der Waals surface area contributed by atoms with Gasteiger partial charge in [0, 0.05) is 31.1 Å². The zero-order valence-corrected chi connectivity index (χ0v) is 8.20. The number of fused-ring (bicyclic) bond motifs is 1. The van der Waals surface area contributed by atoms with E-state index in [9.17, 15) is 0 Å². The van der Waals surface area contributed by atoms with Crippen LogP contribution in [0.2, 0.25) is 0 Å². The number of hydrogen-bond donors (Lipinski definition) is 0. The van der Waals surface area contributed by atoms with Crippen LogP contribution in [0.3, 0.4) is 0 Å². The van der Waals surface area contributed by atoms with E-state index in [4.69, 9.17) is 0 Å². The Hall–Kier alpha value is -2.17. The van der Waals surface area contributed by atoms with Crippen molar-refractivity contribution in [2.45, 2.75) is 0 Å². The highest BCUT2D eigenvalue weighted by molar-refractivity contribution is 5.59. The molecular formula is C10H9N5. The number of aryl methyl sites for hydroxylation is 1. The molecule has 0 saturated carbocycles. The van der Waals surface area contributed by atoms with Gasteiger partial charge in [0.15, 0.2) is 5.65 Å². The first kappa shape index (κ1) is 8.16. The molecule has 0 bridgehead atoms. The fourth-order valence-electron chi connectivity index (χ4n) is 1.53. The molecule has 3 aromatic heterocycles. The molecule has 0 aliphatic rings. The first-order valence-electron chi connectivity index (χ1n) is 4.62. The monoisotopic (exact) mass is 199 g/mol. The van der Waals surface area contributed by atoms with Crippen molar-refractivity contribution in [2.24, 2.45) is 7.05 Å².